The van der Waals surface area contributed by atoms with Gasteiger partial charge in [-0.3, -0.25) is 0 Å². The first-order chi connectivity index (χ1) is 22.2. The molecule has 3 fully saturated rings. The van der Waals surface area contributed by atoms with E-state index in [0.29, 0.717) is 0 Å². The molecule has 3 aliphatic heterocycles. The third kappa shape index (κ3) is 11.8. The first kappa shape index (κ1) is 54.4. The van der Waals surface area contributed by atoms with Crippen molar-refractivity contribution in [3.8, 4) is 0 Å². The average Bonchev–Trinajstić information content (AvgIpc) is 3.04. The summed E-state index contributed by atoms with van der Waals surface area (Å²) in [5.41, 5.74) is -2.17. The minimum Gasteiger partial charge on any atom is -0.394 e. The molecule has 0 amide bonds. The van der Waals surface area contributed by atoms with Gasteiger partial charge >= 0.3 is 0 Å². The molecule has 16 heteroatoms. The minimum absolute atomic E-state index is 0. The van der Waals surface area contributed by atoms with Crippen LogP contribution in [-0.4, -0.2) is 169 Å². The molecule has 0 aromatic heterocycles. The smallest absolute Gasteiger partial charge is 0.187 e. The van der Waals surface area contributed by atoms with Crippen molar-refractivity contribution in [2.24, 2.45) is 10.8 Å². The first-order valence-corrected chi connectivity index (χ1v) is 16.3. The van der Waals surface area contributed by atoms with E-state index in [9.17, 15) is 51.1 Å². The summed E-state index contributed by atoms with van der Waals surface area (Å²) in [4.78, 5) is 0. The van der Waals surface area contributed by atoms with E-state index in [-0.39, 0.29) is 22.3 Å². The number of hydrogen-bond donors (Lipinski definition) is 10. The molecule has 51 heavy (non-hydrogen) atoms. The lowest BCUT2D eigenvalue weighted by atomic mass is 9.63. The Kier molecular flexibility index (Phi) is 24.0. The summed E-state index contributed by atoms with van der Waals surface area (Å²) in [6, 6.07) is 0. The van der Waals surface area contributed by atoms with Crippen LogP contribution in [-0.2, 0) is 28.4 Å². The quantitative estimate of drug-likeness (QED) is 0.140. The summed E-state index contributed by atoms with van der Waals surface area (Å²) in [6.45, 7) is 21.1. The van der Waals surface area contributed by atoms with E-state index >= 15 is 0 Å². The maximum absolute atomic E-state index is 11.3. The fraction of sp³-hybridized carbons (Fsp3) is 0.943. The molecule has 3 heterocycles. The van der Waals surface area contributed by atoms with Crippen LogP contribution in [0.4, 0.5) is 0 Å². The maximum atomic E-state index is 11.3. The Morgan fingerprint density at radius 3 is 1.08 bits per heavy atom. The molecule has 3 aliphatic rings. The minimum atomic E-state index is -1.88. The molecule has 0 aromatic carbocycles. The van der Waals surface area contributed by atoms with Crippen molar-refractivity contribution < 1.29 is 79.5 Å². The van der Waals surface area contributed by atoms with Crippen molar-refractivity contribution in [2.75, 3.05) is 19.8 Å². The van der Waals surface area contributed by atoms with Gasteiger partial charge in [0.1, 0.15) is 73.2 Å². The highest BCUT2D eigenvalue weighted by atomic mass is 16.8. The van der Waals surface area contributed by atoms with Crippen LogP contribution in [0.5, 0.6) is 0 Å². The largest absolute Gasteiger partial charge is 0.394 e. The van der Waals surface area contributed by atoms with Gasteiger partial charge in [0.05, 0.1) is 25.4 Å². The molecule has 10 N–H and O–H groups in total. The monoisotopic (exact) mass is 750 g/mol. The molecule has 0 aromatic rings. The van der Waals surface area contributed by atoms with Crippen molar-refractivity contribution >= 4 is 0 Å². The van der Waals surface area contributed by atoms with E-state index in [1.807, 2.05) is 62.3 Å². The molecule has 310 valence electrons. The fourth-order valence-corrected chi connectivity index (χ4v) is 5.82. The molecule has 0 aliphatic carbocycles. The second-order valence-corrected chi connectivity index (χ2v) is 14.0. The van der Waals surface area contributed by atoms with E-state index in [1.165, 1.54) is 0 Å². The van der Waals surface area contributed by atoms with Gasteiger partial charge in [0.25, 0.3) is 0 Å². The molecular weight excluding hydrogens is 676 g/mol. The van der Waals surface area contributed by atoms with E-state index in [0.717, 1.165) is 0 Å². The van der Waals surface area contributed by atoms with Crippen molar-refractivity contribution in [3.05, 3.63) is 13.2 Å². The Bertz CT molecular complexity index is 910. The standard InChI is InChI=1S/C28H52O16.C2H6.C2H4.3CH4/c1-26(2,3)28(7,27(4,5)6)44-25-22(43-24-20(38)18(36)15(33)12(9-30)40-24)21(16(34)13(10-31)41-25)42-23-19(37)17(35)14(32)11(8-29)39-23;2*1-2;;;/h11-25,29-38H,8-10H2,1-7H3;1-2H3;1-2H2;3*1H4/t11-,12-,13?,14-,15-,16?,17+,18+,19+,20+,21?,22?,23?,24?,25?;;;;;/m1...../s1. The maximum Gasteiger partial charge on any atom is 0.187 e. The second-order valence-electron chi connectivity index (χ2n) is 14.0. The van der Waals surface area contributed by atoms with Crippen LogP contribution >= 0.6 is 0 Å². The lowest BCUT2D eigenvalue weighted by Gasteiger charge is -2.55. The van der Waals surface area contributed by atoms with Gasteiger partial charge < -0.3 is 79.5 Å². The van der Waals surface area contributed by atoms with Crippen molar-refractivity contribution in [2.45, 2.75) is 182 Å². The van der Waals surface area contributed by atoms with E-state index < -0.39 is 128 Å². The number of rotatable bonds is 9. The molecule has 3 saturated heterocycles. The third-order valence-corrected chi connectivity index (χ3v) is 9.29. The second kappa shape index (κ2) is 22.5. The van der Waals surface area contributed by atoms with Crippen LogP contribution in [0, 0.1) is 10.8 Å². The summed E-state index contributed by atoms with van der Waals surface area (Å²) in [5.74, 6) is 0. The molecule has 0 radical (unpaired) electrons. The molecular formula is C35H74O16. The summed E-state index contributed by atoms with van der Waals surface area (Å²) in [6.07, 6.45) is -24.8. The zero-order valence-electron chi connectivity index (χ0n) is 29.6. The highest BCUT2D eigenvalue weighted by Gasteiger charge is 2.58. The first-order valence-electron chi connectivity index (χ1n) is 16.3. The molecule has 3 rings (SSSR count). The van der Waals surface area contributed by atoms with Crippen LogP contribution < -0.4 is 0 Å². The van der Waals surface area contributed by atoms with Crippen molar-refractivity contribution in [3.63, 3.8) is 0 Å². The summed E-state index contributed by atoms with van der Waals surface area (Å²) >= 11 is 0. The molecule has 16 nitrogen and oxygen atoms in total. The number of aliphatic hydroxyl groups excluding tert-OH is 10. The van der Waals surface area contributed by atoms with Crippen LogP contribution in [0.2, 0.25) is 0 Å². The topological polar surface area (TPSA) is 258 Å². The Balaban J connectivity index is -0.00000317. The molecule has 0 spiro atoms. The van der Waals surface area contributed by atoms with Gasteiger partial charge in [0.15, 0.2) is 18.9 Å². The number of ether oxygens (including phenoxy) is 6. The predicted molar refractivity (Wildman–Crippen MR) is 190 cm³/mol. The van der Waals surface area contributed by atoms with Gasteiger partial charge in [0.2, 0.25) is 0 Å². The number of aliphatic hydroxyl groups is 10. The Hall–Kier alpha value is -0.900. The summed E-state index contributed by atoms with van der Waals surface area (Å²) < 4.78 is 35.7. The van der Waals surface area contributed by atoms with Crippen molar-refractivity contribution in [1.82, 2.24) is 0 Å². The van der Waals surface area contributed by atoms with Crippen LogP contribution in [0.3, 0.4) is 0 Å². The number of hydrogen-bond acceptors (Lipinski definition) is 16. The molecule has 7 unspecified atom stereocenters. The normalized spacial score (nSPS) is 38.6. The lowest BCUT2D eigenvalue weighted by molar-refractivity contribution is -0.407. The van der Waals surface area contributed by atoms with E-state index in [1.54, 1.807) is 0 Å². The Morgan fingerprint density at radius 2 is 0.765 bits per heavy atom. The van der Waals surface area contributed by atoms with E-state index in [4.69, 9.17) is 28.4 Å². The summed E-state index contributed by atoms with van der Waals surface area (Å²) in [7, 11) is 0. The average molecular weight is 751 g/mol. The molecule has 0 saturated carbocycles. The Labute approximate surface area is 305 Å². The SMILES string of the molecule is C.C.C.C=C.CC.CC(C)(C)C(C)(OC1OC(CO)C(O)C(OC2O[C@H](CO)[C@@H](O)[C@H](O)[C@@H]2O)C1OC1O[C@H](CO)[C@@H](O)[C@H](O)[C@@H]1O)C(C)(C)C. The van der Waals surface area contributed by atoms with Gasteiger partial charge in [-0.25, -0.2) is 0 Å². The molecule has 0 bridgehead atoms. The zero-order chi connectivity index (χ0) is 37.5. The van der Waals surface area contributed by atoms with Gasteiger partial charge in [0, 0.05) is 0 Å². The summed E-state index contributed by atoms with van der Waals surface area (Å²) in [5, 5.41) is 103. The van der Waals surface area contributed by atoms with Gasteiger partial charge in [-0.1, -0.05) is 77.7 Å². The van der Waals surface area contributed by atoms with Gasteiger partial charge in [-0.2, -0.15) is 0 Å². The van der Waals surface area contributed by atoms with Crippen molar-refractivity contribution in [1.29, 1.82) is 0 Å². The zero-order valence-corrected chi connectivity index (χ0v) is 29.6. The van der Waals surface area contributed by atoms with Gasteiger partial charge in [-0.15, -0.1) is 13.2 Å². The third-order valence-electron chi connectivity index (χ3n) is 9.29. The highest BCUT2D eigenvalue weighted by Crippen LogP contribution is 2.48. The van der Waals surface area contributed by atoms with Gasteiger partial charge in [-0.05, 0) is 17.8 Å². The predicted octanol–water partition coefficient (Wildman–Crippen LogP) is 0.0389. The van der Waals surface area contributed by atoms with Crippen LogP contribution in [0.1, 0.15) is 84.6 Å². The lowest BCUT2D eigenvalue weighted by Crippen LogP contribution is -2.68. The Morgan fingerprint density at radius 1 is 0.471 bits per heavy atom. The van der Waals surface area contributed by atoms with Crippen LogP contribution in [0.25, 0.3) is 0 Å². The molecule has 15 atom stereocenters. The fourth-order valence-electron chi connectivity index (χ4n) is 5.82. The van der Waals surface area contributed by atoms with Crippen LogP contribution in [0.15, 0.2) is 13.2 Å². The van der Waals surface area contributed by atoms with E-state index in [2.05, 4.69) is 13.2 Å². The highest BCUT2D eigenvalue weighted by molar-refractivity contribution is 5.01.